The second kappa shape index (κ2) is 4.74. The number of methoxy groups -OCH3 is 1. The highest BCUT2D eigenvalue weighted by atomic mass is 16.5. The third-order valence-electron chi connectivity index (χ3n) is 2.40. The molecule has 4 nitrogen and oxygen atoms in total. The van der Waals surface area contributed by atoms with Crippen LogP contribution in [-0.2, 0) is 0 Å². The van der Waals surface area contributed by atoms with Crippen LogP contribution in [0.1, 0.15) is 17.3 Å². The Bertz CT molecular complexity index is 535. The molecule has 4 heteroatoms. The summed E-state index contributed by atoms with van der Waals surface area (Å²) in [6.45, 7) is 1.51. The summed E-state index contributed by atoms with van der Waals surface area (Å²) in [4.78, 5) is 19.5. The Morgan fingerprint density at radius 2 is 2.00 bits per heavy atom. The van der Waals surface area contributed by atoms with Crippen molar-refractivity contribution >= 4 is 5.78 Å². The fourth-order valence-corrected chi connectivity index (χ4v) is 1.43. The van der Waals surface area contributed by atoms with Gasteiger partial charge in [0, 0.05) is 24.0 Å². The van der Waals surface area contributed by atoms with Gasteiger partial charge in [-0.1, -0.05) is 0 Å². The molecular formula is C13H12N2O2. The molecule has 0 radical (unpaired) electrons. The number of nitrogens with zero attached hydrogens (tertiary/aromatic N) is 2. The largest absolute Gasteiger partial charge is 0.497 e. The number of hydrogen-bond donors (Lipinski definition) is 0. The highest BCUT2D eigenvalue weighted by Crippen LogP contribution is 2.19. The van der Waals surface area contributed by atoms with Crippen LogP contribution in [0.2, 0.25) is 0 Å². The van der Waals surface area contributed by atoms with Crippen molar-refractivity contribution in [2.75, 3.05) is 7.11 Å². The van der Waals surface area contributed by atoms with Gasteiger partial charge in [0.2, 0.25) is 0 Å². The van der Waals surface area contributed by atoms with Crippen LogP contribution in [0, 0.1) is 0 Å². The van der Waals surface area contributed by atoms with Crippen molar-refractivity contribution in [2.24, 2.45) is 0 Å². The summed E-state index contributed by atoms with van der Waals surface area (Å²) in [6.07, 6.45) is 3.22. The predicted octanol–water partition coefficient (Wildman–Crippen LogP) is 2.35. The first kappa shape index (κ1) is 11.3. The molecule has 0 fully saturated rings. The molecule has 2 aromatic rings. The molecule has 0 N–H and O–H groups in total. The summed E-state index contributed by atoms with van der Waals surface area (Å²) in [7, 11) is 1.60. The maximum Gasteiger partial charge on any atom is 0.161 e. The van der Waals surface area contributed by atoms with Gasteiger partial charge in [0.15, 0.2) is 5.78 Å². The topological polar surface area (TPSA) is 52.1 Å². The molecule has 0 bridgehead atoms. The van der Waals surface area contributed by atoms with Gasteiger partial charge in [-0.15, -0.1) is 0 Å². The average molecular weight is 228 g/mol. The molecule has 2 rings (SSSR count). The van der Waals surface area contributed by atoms with E-state index < -0.39 is 0 Å². The Balaban J connectivity index is 2.36. The zero-order valence-corrected chi connectivity index (χ0v) is 9.68. The lowest BCUT2D eigenvalue weighted by molar-refractivity contribution is 0.101. The van der Waals surface area contributed by atoms with Gasteiger partial charge in [-0.25, -0.2) is 0 Å². The summed E-state index contributed by atoms with van der Waals surface area (Å²) < 4.78 is 5.12. The first-order valence-corrected chi connectivity index (χ1v) is 5.18. The number of carbonyl (C=O) groups excluding carboxylic acids is 1. The zero-order valence-electron chi connectivity index (χ0n) is 9.68. The Labute approximate surface area is 99.3 Å². The van der Waals surface area contributed by atoms with Gasteiger partial charge in [0.05, 0.1) is 18.5 Å². The quantitative estimate of drug-likeness (QED) is 0.757. The Kier molecular flexibility index (Phi) is 3.14. The highest BCUT2D eigenvalue weighted by Gasteiger charge is 2.04. The minimum atomic E-state index is 0.00246. The number of rotatable bonds is 3. The van der Waals surface area contributed by atoms with Crippen LogP contribution >= 0.6 is 0 Å². The molecule has 17 heavy (non-hydrogen) atoms. The van der Waals surface area contributed by atoms with E-state index in [2.05, 4.69) is 9.97 Å². The van der Waals surface area contributed by atoms with Crippen molar-refractivity contribution in [3.05, 3.63) is 42.2 Å². The summed E-state index contributed by atoms with van der Waals surface area (Å²) in [5, 5.41) is 0. The molecule has 0 aliphatic heterocycles. The van der Waals surface area contributed by atoms with E-state index in [1.807, 2.05) is 0 Å². The van der Waals surface area contributed by atoms with Crippen molar-refractivity contribution in [1.82, 2.24) is 9.97 Å². The third kappa shape index (κ3) is 2.47. The molecule has 0 unspecified atom stereocenters. The summed E-state index contributed by atoms with van der Waals surface area (Å²) >= 11 is 0. The number of ketones is 1. The molecule has 2 aromatic heterocycles. The fourth-order valence-electron chi connectivity index (χ4n) is 1.43. The maximum absolute atomic E-state index is 11.1. The molecular weight excluding hydrogens is 216 g/mol. The normalized spacial score (nSPS) is 10.0. The predicted molar refractivity (Wildman–Crippen MR) is 64.0 cm³/mol. The number of aromatic nitrogens is 2. The van der Waals surface area contributed by atoms with Crippen molar-refractivity contribution in [3.8, 4) is 17.1 Å². The Hall–Kier alpha value is -2.23. The van der Waals surface area contributed by atoms with Crippen molar-refractivity contribution in [1.29, 1.82) is 0 Å². The Morgan fingerprint density at radius 3 is 2.59 bits per heavy atom. The fraction of sp³-hybridized carbons (Fsp3) is 0.154. The van der Waals surface area contributed by atoms with Gasteiger partial charge >= 0.3 is 0 Å². The minimum Gasteiger partial charge on any atom is -0.497 e. The molecule has 2 heterocycles. The van der Waals surface area contributed by atoms with Crippen LogP contribution in [0.5, 0.6) is 5.75 Å². The van der Waals surface area contributed by atoms with Gasteiger partial charge in [-0.3, -0.25) is 14.8 Å². The summed E-state index contributed by atoms with van der Waals surface area (Å²) in [5.41, 5.74) is 2.03. The number of ether oxygens (including phenoxy) is 1. The van der Waals surface area contributed by atoms with E-state index in [0.29, 0.717) is 11.3 Å². The van der Waals surface area contributed by atoms with Crippen molar-refractivity contribution in [2.45, 2.75) is 6.92 Å². The average Bonchev–Trinajstić information content (AvgIpc) is 2.39. The van der Waals surface area contributed by atoms with E-state index in [-0.39, 0.29) is 5.78 Å². The second-order valence-electron chi connectivity index (χ2n) is 3.57. The molecule has 0 aromatic carbocycles. The molecule has 0 atom stereocenters. The van der Waals surface area contributed by atoms with E-state index in [4.69, 9.17) is 4.74 Å². The number of Topliss-reactive ketones (excluding diaryl/α,β-unsaturated/α-hetero) is 1. The number of carbonyl (C=O) groups is 1. The standard InChI is InChI=1S/C13H12N2O2/c1-9(16)10-3-4-12(15-8-10)13-7-11(17-2)5-6-14-13/h3-8H,1-2H3. The summed E-state index contributed by atoms with van der Waals surface area (Å²) in [5.74, 6) is 0.732. The van der Waals surface area contributed by atoms with Gasteiger partial charge < -0.3 is 4.74 Å². The highest BCUT2D eigenvalue weighted by molar-refractivity contribution is 5.93. The molecule has 0 amide bonds. The van der Waals surface area contributed by atoms with Crippen LogP contribution < -0.4 is 4.74 Å². The minimum absolute atomic E-state index is 0.00246. The monoisotopic (exact) mass is 228 g/mol. The van der Waals surface area contributed by atoms with Crippen molar-refractivity contribution < 1.29 is 9.53 Å². The lowest BCUT2D eigenvalue weighted by Gasteiger charge is -2.03. The molecule has 0 aliphatic rings. The van der Waals surface area contributed by atoms with Crippen molar-refractivity contribution in [3.63, 3.8) is 0 Å². The van der Waals surface area contributed by atoms with E-state index in [1.54, 1.807) is 43.8 Å². The smallest absolute Gasteiger partial charge is 0.161 e. The van der Waals surface area contributed by atoms with E-state index in [0.717, 1.165) is 11.4 Å². The molecule has 0 saturated heterocycles. The molecule has 0 spiro atoms. The van der Waals surface area contributed by atoms with E-state index in [9.17, 15) is 4.79 Å². The molecule has 86 valence electrons. The van der Waals surface area contributed by atoms with Gasteiger partial charge in [-0.05, 0) is 25.1 Å². The van der Waals surface area contributed by atoms with Gasteiger partial charge in [0.1, 0.15) is 5.75 Å². The lowest BCUT2D eigenvalue weighted by atomic mass is 10.1. The third-order valence-corrected chi connectivity index (χ3v) is 2.40. The van der Waals surface area contributed by atoms with Crippen LogP contribution in [0.15, 0.2) is 36.7 Å². The molecule has 0 saturated carbocycles. The first-order chi connectivity index (χ1) is 8.20. The summed E-state index contributed by atoms with van der Waals surface area (Å²) in [6, 6.07) is 7.09. The second-order valence-corrected chi connectivity index (χ2v) is 3.57. The van der Waals surface area contributed by atoms with Crippen LogP contribution in [-0.4, -0.2) is 22.9 Å². The lowest BCUT2D eigenvalue weighted by Crippen LogP contribution is -1.94. The van der Waals surface area contributed by atoms with Crippen LogP contribution in [0.25, 0.3) is 11.4 Å². The number of hydrogen-bond acceptors (Lipinski definition) is 4. The SMILES string of the molecule is COc1ccnc(-c2ccc(C(C)=O)cn2)c1. The van der Waals surface area contributed by atoms with E-state index >= 15 is 0 Å². The molecule has 0 aliphatic carbocycles. The van der Waals surface area contributed by atoms with E-state index in [1.165, 1.54) is 6.92 Å². The first-order valence-electron chi connectivity index (χ1n) is 5.18. The zero-order chi connectivity index (χ0) is 12.3. The van der Waals surface area contributed by atoms with Gasteiger partial charge in [0.25, 0.3) is 0 Å². The van der Waals surface area contributed by atoms with Gasteiger partial charge in [-0.2, -0.15) is 0 Å². The maximum atomic E-state index is 11.1. The Morgan fingerprint density at radius 1 is 1.18 bits per heavy atom. The number of pyridine rings is 2. The van der Waals surface area contributed by atoms with Crippen LogP contribution in [0.4, 0.5) is 0 Å². The van der Waals surface area contributed by atoms with Crippen LogP contribution in [0.3, 0.4) is 0 Å².